The van der Waals surface area contributed by atoms with Crippen molar-refractivity contribution in [2.75, 3.05) is 42.3 Å². The van der Waals surface area contributed by atoms with Gasteiger partial charge in [0, 0.05) is 24.3 Å². The molecule has 0 fully saturated rings. The minimum Gasteiger partial charge on any atom is -0.457 e. The van der Waals surface area contributed by atoms with Gasteiger partial charge in [0.15, 0.2) is 0 Å². The fourth-order valence-corrected chi connectivity index (χ4v) is 2.77. The molecule has 146 valence electrons. The van der Waals surface area contributed by atoms with Gasteiger partial charge in [-0.3, -0.25) is 8.97 Å². The summed E-state index contributed by atoms with van der Waals surface area (Å²) in [6, 6.07) is 24.0. The first kappa shape index (κ1) is 19.9. The highest BCUT2D eigenvalue weighted by molar-refractivity contribution is 5.47. The lowest BCUT2D eigenvalue weighted by Crippen LogP contribution is -2.34. The van der Waals surface area contributed by atoms with Crippen LogP contribution in [0.1, 0.15) is 0 Å². The maximum Gasteiger partial charge on any atom is 0.132 e. The van der Waals surface area contributed by atoms with Gasteiger partial charge in [-0.15, -0.1) is 0 Å². The summed E-state index contributed by atoms with van der Waals surface area (Å²) in [4.78, 5) is 0. The van der Waals surface area contributed by atoms with E-state index in [0.717, 1.165) is 32.0 Å². The van der Waals surface area contributed by atoms with Crippen molar-refractivity contribution in [2.24, 2.45) is 0 Å². The van der Waals surface area contributed by atoms with Crippen LogP contribution in [0, 0.1) is 0 Å². The smallest absolute Gasteiger partial charge is 0.132 e. The average Bonchev–Trinajstić information content (AvgIpc) is 2.63. The average molecular weight is 379 g/mol. The molecule has 0 saturated carbocycles. The third kappa shape index (κ3) is 5.12. The second kappa shape index (κ2) is 7.66. The van der Waals surface area contributed by atoms with Gasteiger partial charge in [0.2, 0.25) is 0 Å². The van der Waals surface area contributed by atoms with Crippen LogP contribution < -0.4 is 18.4 Å². The van der Waals surface area contributed by atoms with Gasteiger partial charge in [0.25, 0.3) is 0 Å². The number of quaternary nitrogens is 2. The van der Waals surface area contributed by atoms with Crippen molar-refractivity contribution in [3.05, 3.63) is 72.8 Å². The monoisotopic (exact) mass is 378 g/mol. The first-order valence-corrected chi connectivity index (χ1v) is 9.41. The van der Waals surface area contributed by atoms with E-state index < -0.39 is 0 Å². The van der Waals surface area contributed by atoms with Crippen molar-refractivity contribution in [1.29, 1.82) is 0 Å². The summed E-state index contributed by atoms with van der Waals surface area (Å²) in [6.07, 6.45) is 0. The third-order valence-corrected chi connectivity index (χ3v) is 4.52. The fourth-order valence-electron chi connectivity index (χ4n) is 2.77. The Hall–Kier alpha value is -2.82. The molecule has 3 aromatic carbocycles. The molecule has 28 heavy (non-hydrogen) atoms. The first-order chi connectivity index (χ1) is 13.1. The molecule has 3 aromatic rings. The summed E-state index contributed by atoms with van der Waals surface area (Å²) in [5.74, 6) is 3.21. The van der Waals surface area contributed by atoms with Crippen LogP contribution in [0.25, 0.3) is 0 Å². The Bertz CT molecular complexity index is 823. The summed E-state index contributed by atoms with van der Waals surface area (Å²) in [5.41, 5.74) is 2.46. The standard InChI is InChI=1S/C24H30N2O2/c1-25(2,3)19-7-11-21(12-8-19)27-23-15-17-24(18-16-23)28-22-13-9-20(10-14-22)26(4,5)6/h7-18H,1-6H3/q+2. The zero-order valence-corrected chi connectivity index (χ0v) is 17.6. The maximum absolute atomic E-state index is 5.94. The van der Waals surface area contributed by atoms with E-state index in [9.17, 15) is 0 Å². The van der Waals surface area contributed by atoms with Crippen LogP contribution in [0.5, 0.6) is 23.0 Å². The molecule has 4 heteroatoms. The molecular formula is C24H30N2O2+2. The third-order valence-electron chi connectivity index (χ3n) is 4.52. The number of ether oxygens (including phenoxy) is 2. The molecule has 0 atom stereocenters. The SMILES string of the molecule is C[N+](C)(C)c1ccc(Oc2ccc(Oc3ccc([N+](C)(C)C)cc3)cc2)cc1. The Morgan fingerprint density at radius 1 is 0.393 bits per heavy atom. The molecule has 0 amide bonds. The predicted octanol–water partition coefficient (Wildman–Crippen LogP) is 5.66. The van der Waals surface area contributed by atoms with Crippen LogP contribution in [-0.4, -0.2) is 42.3 Å². The zero-order valence-electron chi connectivity index (χ0n) is 17.6. The van der Waals surface area contributed by atoms with Crippen molar-refractivity contribution in [2.45, 2.75) is 0 Å². The summed E-state index contributed by atoms with van der Waals surface area (Å²) in [7, 11) is 12.9. The molecule has 0 N–H and O–H groups in total. The van der Waals surface area contributed by atoms with E-state index in [4.69, 9.17) is 9.47 Å². The molecule has 0 aromatic heterocycles. The maximum atomic E-state index is 5.94. The van der Waals surface area contributed by atoms with E-state index in [2.05, 4.69) is 66.6 Å². The normalized spacial score (nSPS) is 11.9. The van der Waals surface area contributed by atoms with E-state index in [1.165, 1.54) is 11.4 Å². The summed E-state index contributed by atoms with van der Waals surface area (Å²) < 4.78 is 13.4. The second-order valence-corrected chi connectivity index (χ2v) is 8.69. The van der Waals surface area contributed by atoms with Crippen LogP contribution in [0.4, 0.5) is 11.4 Å². The lowest BCUT2D eigenvalue weighted by Gasteiger charge is -2.23. The van der Waals surface area contributed by atoms with Crippen LogP contribution in [0.3, 0.4) is 0 Å². The molecular weight excluding hydrogens is 348 g/mol. The Labute approximate surface area is 168 Å². The molecule has 0 aliphatic carbocycles. The van der Waals surface area contributed by atoms with Gasteiger partial charge < -0.3 is 9.47 Å². The highest BCUT2D eigenvalue weighted by Crippen LogP contribution is 2.29. The molecule has 0 spiro atoms. The topological polar surface area (TPSA) is 18.5 Å². The van der Waals surface area contributed by atoms with Crippen LogP contribution in [0.2, 0.25) is 0 Å². The van der Waals surface area contributed by atoms with E-state index in [-0.39, 0.29) is 0 Å². The van der Waals surface area contributed by atoms with E-state index >= 15 is 0 Å². The minimum absolute atomic E-state index is 0.780. The predicted molar refractivity (Wildman–Crippen MR) is 119 cm³/mol. The van der Waals surface area contributed by atoms with E-state index in [1.807, 2.05) is 48.5 Å². The van der Waals surface area contributed by atoms with Crippen molar-refractivity contribution in [1.82, 2.24) is 8.97 Å². The van der Waals surface area contributed by atoms with Gasteiger partial charge in [0.05, 0.1) is 42.3 Å². The molecule has 0 unspecified atom stereocenters. The lowest BCUT2D eigenvalue weighted by atomic mass is 10.2. The van der Waals surface area contributed by atoms with Gasteiger partial charge in [-0.1, -0.05) is 0 Å². The molecule has 0 bridgehead atoms. The van der Waals surface area contributed by atoms with Crippen molar-refractivity contribution in [3.8, 4) is 23.0 Å². The number of benzene rings is 3. The fraction of sp³-hybridized carbons (Fsp3) is 0.250. The van der Waals surface area contributed by atoms with Crippen molar-refractivity contribution >= 4 is 11.4 Å². The largest absolute Gasteiger partial charge is 0.457 e. The highest BCUT2D eigenvalue weighted by atomic mass is 16.5. The minimum atomic E-state index is 0.780. The summed E-state index contributed by atoms with van der Waals surface area (Å²) in [5, 5.41) is 0. The van der Waals surface area contributed by atoms with Crippen LogP contribution in [0.15, 0.2) is 72.8 Å². The zero-order chi connectivity index (χ0) is 20.4. The molecule has 0 aliphatic heterocycles. The van der Waals surface area contributed by atoms with Gasteiger partial charge in [-0.25, -0.2) is 0 Å². The van der Waals surface area contributed by atoms with Crippen LogP contribution >= 0.6 is 0 Å². The molecule has 0 aliphatic rings. The Morgan fingerprint density at radius 3 is 0.821 bits per heavy atom. The molecule has 3 rings (SSSR count). The van der Waals surface area contributed by atoms with Gasteiger partial charge in [-0.05, 0) is 48.5 Å². The molecule has 0 radical (unpaired) electrons. The molecule has 0 saturated heterocycles. The van der Waals surface area contributed by atoms with Crippen molar-refractivity contribution < 1.29 is 9.47 Å². The van der Waals surface area contributed by atoms with E-state index in [0.29, 0.717) is 0 Å². The van der Waals surface area contributed by atoms with Crippen molar-refractivity contribution in [3.63, 3.8) is 0 Å². The Kier molecular flexibility index (Phi) is 5.45. The summed E-state index contributed by atoms with van der Waals surface area (Å²) in [6.45, 7) is 0. The van der Waals surface area contributed by atoms with Gasteiger partial charge in [0.1, 0.15) is 34.4 Å². The quantitative estimate of drug-likeness (QED) is 0.515. The highest BCUT2D eigenvalue weighted by Gasteiger charge is 2.12. The Morgan fingerprint density at radius 2 is 0.607 bits per heavy atom. The summed E-state index contributed by atoms with van der Waals surface area (Å²) >= 11 is 0. The van der Waals surface area contributed by atoms with Gasteiger partial charge in [-0.2, -0.15) is 0 Å². The second-order valence-electron chi connectivity index (χ2n) is 8.69. The number of rotatable bonds is 6. The first-order valence-electron chi connectivity index (χ1n) is 9.41. The number of nitrogens with zero attached hydrogens (tertiary/aromatic N) is 2. The van der Waals surface area contributed by atoms with Crippen LogP contribution in [-0.2, 0) is 0 Å². The number of hydrogen-bond acceptors (Lipinski definition) is 2. The Balaban J connectivity index is 1.63. The van der Waals surface area contributed by atoms with E-state index in [1.54, 1.807) is 0 Å². The van der Waals surface area contributed by atoms with Gasteiger partial charge >= 0.3 is 0 Å². The number of hydrogen-bond donors (Lipinski definition) is 0. The molecule has 0 heterocycles. The molecule has 4 nitrogen and oxygen atoms in total. The lowest BCUT2D eigenvalue weighted by molar-refractivity contribution is 0.464.